The number of rotatable bonds is 4. The number of hydrogen-bond acceptors (Lipinski definition) is 3. The van der Waals surface area contributed by atoms with Gasteiger partial charge in [-0.3, -0.25) is 0 Å². The van der Waals surface area contributed by atoms with Crippen LogP contribution in [-0.2, 0) is 6.54 Å². The Morgan fingerprint density at radius 1 is 1.50 bits per heavy atom. The van der Waals surface area contributed by atoms with Crippen LogP contribution in [0.5, 0.6) is 0 Å². The highest BCUT2D eigenvalue weighted by atomic mass is 19.1. The minimum atomic E-state index is -0.905. The van der Waals surface area contributed by atoms with Gasteiger partial charge in [0.2, 0.25) is 0 Å². The predicted molar refractivity (Wildman–Crippen MR) is 90.0 cm³/mol. The first kappa shape index (κ1) is 14.6. The highest BCUT2D eigenvalue weighted by molar-refractivity contribution is 6.12. The van der Waals surface area contributed by atoms with Crippen molar-refractivity contribution in [2.75, 3.05) is 11.1 Å². The zero-order chi connectivity index (χ0) is 15.7. The molecule has 4 N–H and O–H groups in total. The molecule has 0 bridgehead atoms. The summed E-state index contributed by atoms with van der Waals surface area (Å²) < 4.78 is 13.6. The molecule has 1 aromatic carbocycles. The second-order valence-electron chi connectivity index (χ2n) is 5.70. The molecule has 0 aromatic heterocycles. The molecule has 4 heteroatoms. The van der Waals surface area contributed by atoms with E-state index in [9.17, 15) is 4.39 Å². The second kappa shape index (κ2) is 5.79. The van der Waals surface area contributed by atoms with Crippen molar-refractivity contribution in [2.45, 2.75) is 26.1 Å². The van der Waals surface area contributed by atoms with Crippen LogP contribution < -0.4 is 11.1 Å². The molecule has 1 aliphatic heterocycles. The molecule has 0 radical (unpaired) electrons. The Morgan fingerprint density at radius 2 is 2.32 bits per heavy atom. The number of anilines is 2. The third kappa shape index (κ3) is 2.56. The van der Waals surface area contributed by atoms with E-state index in [0.717, 1.165) is 35.4 Å². The number of nitrogens with one attached hydrogen (secondary N) is 2. The van der Waals surface area contributed by atoms with E-state index in [4.69, 9.17) is 11.1 Å². The molecule has 0 saturated carbocycles. The molecule has 2 aliphatic rings. The summed E-state index contributed by atoms with van der Waals surface area (Å²) in [4.78, 5) is 0. The van der Waals surface area contributed by atoms with Crippen molar-refractivity contribution in [3.05, 3.63) is 59.2 Å². The SMILES string of the molecule is CCC1C=C(/C=C/C(=N)c2c(N)ccc3c2CN3)C=CC1F. The van der Waals surface area contributed by atoms with Gasteiger partial charge in [0.15, 0.2) is 0 Å². The Hall–Kier alpha value is -2.36. The first-order valence-corrected chi connectivity index (χ1v) is 7.56. The summed E-state index contributed by atoms with van der Waals surface area (Å²) in [6.45, 7) is 2.73. The minimum absolute atomic E-state index is 0.0779. The van der Waals surface area contributed by atoms with Gasteiger partial charge in [0, 0.05) is 35.0 Å². The minimum Gasteiger partial charge on any atom is -0.398 e. The largest absolute Gasteiger partial charge is 0.398 e. The Morgan fingerprint density at radius 3 is 3.00 bits per heavy atom. The molecule has 22 heavy (non-hydrogen) atoms. The summed E-state index contributed by atoms with van der Waals surface area (Å²) >= 11 is 0. The molecular formula is C18H20FN3. The van der Waals surface area contributed by atoms with E-state index in [0.29, 0.717) is 11.4 Å². The molecule has 2 unspecified atom stereocenters. The molecule has 1 aromatic rings. The summed E-state index contributed by atoms with van der Waals surface area (Å²) in [5.74, 6) is -0.0779. The highest BCUT2D eigenvalue weighted by Crippen LogP contribution is 2.33. The Labute approximate surface area is 129 Å². The van der Waals surface area contributed by atoms with Crippen LogP contribution in [0.4, 0.5) is 15.8 Å². The van der Waals surface area contributed by atoms with Gasteiger partial charge in [-0.1, -0.05) is 25.2 Å². The average Bonchev–Trinajstić information content (AvgIpc) is 2.49. The van der Waals surface area contributed by atoms with Crippen molar-refractivity contribution < 1.29 is 4.39 Å². The van der Waals surface area contributed by atoms with Crippen LogP contribution in [0.15, 0.2) is 48.1 Å². The van der Waals surface area contributed by atoms with Crippen LogP contribution in [0.1, 0.15) is 24.5 Å². The van der Waals surface area contributed by atoms with Crippen molar-refractivity contribution in [1.82, 2.24) is 0 Å². The standard InChI is InChI=1S/C18H20FN3/c1-2-12-9-11(3-5-14(12)19)4-6-15(20)18-13-10-22-17(13)8-7-16(18)21/h3-9,12,14,20,22H,2,10,21H2,1H3/b6-4+,20-15?. The first-order valence-electron chi connectivity index (χ1n) is 7.56. The van der Waals surface area contributed by atoms with Gasteiger partial charge in [0.25, 0.3) is 0 Å². The van der Waals surface area contributed by atoms with Crippen LogP contribution >= 0.6 is 0 Å². The van der Waals surface area contributed by atoms with Gasteiger partial charge in [-0.05, 0) is 36.3 Å². The van der Waals surface area contributed by atoms with Gasteiger partial charge in [-0.15, -0.1) is 0 Å². The van der Waals surface area contributed by atoms with E-state index in [1.807, 2.05) is 31.2 Å². The molecule has 3 rings (SSSR count). The van der Waals surface area contributed by atoms with E-state index in [-0.39, 0.29) is 5.92 Å². The van der Waals surface area contributed by atoms with E-state index < -0.39 is 6.17 Å². The van der Waals surface area contributed by atoms with E-state index >= 15 is 0 Å². The van der Waals surface area contributed by atoms with Crippen molar-refractivity contribution in [1.29, 1.82) is 5.41 Å². The molecule has 0 amide bonds. The maximum Gasteiger partial charge on any atom is 0.125 e. The Balaban J connectivity index is 1.81. The summed E-state index contributed by atoms with van der Waals surface area (Å²) in [7, 11) is 0. The van der Waals surface area contributed by atoms with Crippen LogP contribution in [0.25, 0.3) is 0 Å². The van der Waals surface area contributed by atoms with Crippen molar-refractivity contribution in [3.63, 3.8) is 0 Å². The summed E-state index contributed by atoms with van der Waals surface area (Å²) in [5.41, 5.74) is 10.9. The monoisotopic (exact) mass is 297 g/mol. The maximum absolute atomic E-state index is 13.6. The molecule has 1 aliphatic carbocycles. The first-order chi connectivity index (χ1) is 10.6. The van der Waals surface area contributed by atoms with E-state index in [1.54, 1.807) is 18.2 Å². The van der Waals surface area contributed by atoms with Crippen molar-refractivity contribution in [2.24, 2.45) is 5.92 Å². The van der Waals surface area contributed by atoms with Gasteiger partial charge >= 0.3 is 0 Å². The zero-order valence-electron chi connectivity index (χ0n) is 12.6. The summed E-state index contributed by atoms with van der Waals surface area (Å²) in [6, 6.07) is 3.76. The lowest BCUT2D eigenvalue weighted by atomic mass is 9.91. The number of alkyl halides is 1. The number of hydrogen-bond donors (Lipinski definition) is 3. The molecule has 0 saturated heterocycles. The second-order valence-corrected chi connectivity index (χ2v) is 5.70. The smallest absolute Gasteiger partial charge is 0.125 e. The van der Waals surface area contributed by atoms with Crippen molar-refractivity contribution in [3.8, 4) is 0 Å². The molecule has 0 fully saturated rings. The molecule has 3 nitrogen and oxygen atoms in total. The fourth-order valence-corrected chi connectivity index (χ4v) is 2.87. The van der Waals surface area contributed by atoms with Gasteiger partial charge in [-0.2, -0.15) is 0 Å². The fraction of sp³-hybridized carbons (Fsp3) is 0.278. The van der Waals surface area contributed by atoms with Crippen molar-refractivity contribution >= 4 is 17.1 Å². The van der Waals surface area contributed by atoms with Crippen LogP contribution in [0.3, 0.4) is 0 Å². The molecule has 114 valence electrons. The number of benzene rings is 1. The number of nitrogens with two attached hydrogens (primary N) is 1. The quantitative estimate of drug-likeness (QED) is 0.581. The van der Waals surface area contributed by atoms with E-state index in [1.165, 1.54) is 0 Å². The number of halogens is 1. The lowest BCUT2D eigenvalue weighted by Gasteiger charge is -2.25. The fourth-order valence-electron chi connectivity index (χ4n) is 2.87. The molecule has 1 heterocycles. The van der Waals surface area contributed by atoms with Crippen LogP contribution in [0, 0.1) is 11.3 Å². The van der Waals surface area contributed by atoms with Gasteiger partial charge in [0.1, 0.15) is 6.17 Å². The number of fused-ring (bicyclic) bond motifs is 1. The van der Waals surface area contributed by atoms with E-state index in [2.05, 4.69) is 5.32 Å². The third-order valence-corrected chi connectivity index (χ3v) is 4.27. The maximum atomic E-state index is 13.6. The topological polar surface area (TPSA) is 61.9 Å². The van der Waals surface area contributed by atoms with Gasteiger partial charge in [0.05, 0.1) is 5.71 Å². The molecule has 2 atom stereocenters. The van der Waals surface area contributed by atoms with Gasteiger partial charge < -0.3 is 16.5 Å². The predicted octanol–water partition coefficient (Wildman–Crippen LogP) is 3.98. The summed E-state index contributed by atoms with van der Waals surface area (Å²) in [6.07, 6.45) is 8.76. The van der Waals surface area contributed by atoms with Crippen LogP contribution in [0.2, 0.25) is 0 Å². The van der Waals surface area contributed by atoms with Crippen LogP contribution in [-0.4, -0.2) is 11.9 Å². The Kier molecular flexibility index (Phi) is 3.84. The lowest BCUT2D eigenvalue weighted by Crippen LogP contribution is -2.19. The zero-order valence-corrected chi connectivity index (χ0v) is 12.6. The third-order valence-electron chi connectivity index (χ3n) is 4.27. The summed E-state index contributed by atoms with van der Waals surface area (Å²) in [5, 5.41) is 11.5. The number of nitrogen functional groups attached to an aromatic ring is 1. The number of allylic oxidation sites excluding steroid dienone is 6. The normalized spacial score (nSPS) is 22.7. The molecular weight excluding hydrogens is 277 g/mol. The molecule has 0 spiro atoms. The average molecular weight is 297 g/mol. The highest BCUT2D eigenvalue weighted by Gasteiger charge is 2.21. The van der Waals surface area contributed by atoms with Gasteiger partial charge in [-0.25, -0.2) is 4.39 Å². The lowest BCUT2D eigenvalue weighted by molar-refractivity contribution is 0.312. The Bertz CT molecular complexity index is 701.